The predicted molar refractivity (Wildman–Crippen MR) is 57.3 cm³/mol. The van der Waals surface area contributed by atoms with Crippen molar-refractivity contribution >= 4 is 41.2 Å². The van der Waals surface area contributed by atoms with Crippen molar-refractivity contribution in [2.24, 2.45) is 0 Å². The van der Waals surface area contributed by atoms with Crippen molar-refractivity contribution in [1.29, 1.82) is 0 Å². The Hall–Kier alpha value is -0.574. The van der Waals surface area contributed by atoms with Crippen LogP contribution in [-0.2, 0) is 19.9 Å². The normalized spacial score (nSPS) is 9.65. The molecule has 0 amide bonds. The molecule has 0 aromatic heterocycles. The van der Waals surface area contributed by atoms with Crippen LogP contribution in [0, 0.1) is 0 Å². The summed E-state index contributed by atoms with van der Waals surface area (Å²) in [6.07, 6.45) is 0.369. The van der Waals surface area contributed by atoms with Crippen LogP contribution in [-0.4, -0.2) is 51.4 Å². The van der Waals surface area contributed by atoms with E-state index in [-0.39, 0.29) is 36.2 Å². The zero-order chi connectivity index (χ0) is 13.3. The summed E-state index contributed by atoms with van der Waals surface area (Å²) in [7, 11) is 0. The van der Waals surface area contributed by atoms with Crippen molar-refractivity contribution in [3.8, 4) is 0 Å². The Balaban J connectivity index is 3.62. The van der Waals surface area contributed by atoms with Gasteiger partial charge in [-0.15, -0.1) is 0 Å². The van der Waals surface area contributed by atoms with Gasteiger partial charge < -0.3 is 0 Å². The molecule has 17 heavy (non-hydrogen) atoms. The van der Waals surface area contributed by atoms with Crippen LogP contribution in [0.3, 0.4) is 0 Å². The molecule has 0 aliphatic rings. The van der Waals surface area contributed by atoms with Gasteiger partial charge in [-0.25, -0.2) is 0 Å². The van der Waals surface area contributed by atoms with Gasteiger partial charge >= 0.3 is 108 Å². The average Bonchev–Trinajstić information content (AvgIpc) is 2.15. The summed E-state index contributed by atoms with van der Waals surface area (Å²) < 4.78 is 27.4. The van der Waals surface area contributed by atoms with Crippen molar-refractivity contribution in [3.63, 3.8) is 0 Å². The number of carbonyl (C=O) groups is 2. The second kappa shape index (κ2) is 9.46. The van der Waals surface area contributed by atoms with E-state index >= 15 is 0 Å². The number of aliphatic carboxylic acids is 2. The first-order valence-electron chi connectivity index (χ1n) is 5.09. The minimum atomic E-state index is -3.05. The third-order valence-electron chi connectivity index (χ3n) is 1.77. The Morgan fingerprint density at radius 2 is 1.24 bits per heavy atom. The standard InChI is InChI=1S/C8H14Ge2O7/c11-7(12)3-1-5-9(15)17-10(16)6-2-4-8(13)14/h1-6H2,(H,11,12)(H,13,14). The quantitative estimate of drug-likeness (QED) is 0.542. The molecule has 0 radical (unpaired) electrons. The number of carboxylic acid groups (broad SMARTS) is 2. The average molecular weight is 367 g/mol. The zero-order valence-electron chi connectivity index (χ0n) is 9.18. The molecule has 0 atom stereocenters. The van der Waals surface area contributed by atoms with Gasteiger partial charge in [-0.2, -0.15) is 0 Å². The van der Waals surface area contributed by atoms with Crippen molar-refractivity contribution < 1.29 is 30.1 Å². The first kappa shape index (κ1) is 16.4. The van der Waals surface area contributed by atoms with Crippen LogP contribution in [0.5, 0.6) is 0 Å². The fourth-order valence-electron chi connectivity index (χ4n) is 0.997. The van der Waals surface area contributed by atoms with Gasteiger partial charge in [-0.1, -0.05) is 0 Å². The van der Waals surface area contributed by atoms with E-state index in [1.54, 1.807) is 0 Å². The van der Waals surface area contributed by atoms with Crippen molar-refractivity contribution in [2.45, 2.75) is 36.2 Å². The van der Waals surface area contributed by atoms with Crippen molar-refractivity contribution in [1.82, 2.24) is 0 Å². The van der Waals surface area contributed by atoms with E-state index in [9.17, 15) is 17.1 Å². The summed E-state index contributed by atoms with van der Waals surface area (Å²) in [5.41, 5.74) is 0. The molecule has 9 heteroatoms. The van der Waals surface area contributed by atoms with Crippen LogP contribution < -0.4 is 0 Å². The molecule has 0 bridgehead atoms. The van der Waals surface area contributed by atoms with Gasteiger partial charge in [-0.05, 0) is 0 Å². The molecule has 0 rings (SSSR count). The van der Waals surface area contributed by atoms with Crippen LogP contribution in [0.4, 0.5) is 0 Å². The molecule has 0 saturated carbocycles. The molecular formula is C8H14Ge2O7. The van der Waals surface area contributed by atoms with Crippen LogP contribution in [0.15, 0.2) is 0 Å². The van der Waals surface area contributed by atoms with Gasteiger partial charge in [-0.3, -0.25) is 0 Å². The van der Waals surface area contributed by atoms with E-state index in [1.165, 1.54) is 0 Å². The van der Waals surface area contributed by atoms with Gasteiger partial charge in [0.05, 0.1) is 0 Å². The second-order valence-electron chi connectivity index (χ2n) is 3.34. The molecule has 2 N–H and O–H groups in total. The van der Waals surface area contributed by atoms with Crippen LogP contribution in [0.1, 0.15) is 25.7 Å². The van der Waals surface area contributed by atoms with Crippen LogP contribution in [0.2, 0.25) is 10.5 Å². The van der Waals surface area contributed by atoms with Gasteiger partial charge in [0, 0.05) is 0 Å². The molecule has 0 fully saturated rings. The number of hydrogen-bond acceptors (Lipinski definition) is 5. The predicted octanol–water partition coefficient (Wildman–Crippen LogP) is 0.570. The topological polar surface area (TPSA) is 118 Å². The summed E-state index contributed by atoms with van der Waals surface area (Å²) >= 11 is -6.10. The van der Waals surface area contributed by atoms with E-state index in [4.69, 9.17) is 13.0 Å². The minimum absolute atomic E-state index is 0.0741. The van der Waals surface area contributed by atoms with Crippen molar-refractivity contribution in [2.75, 3.05) is 0 Å². The van der Waals surface area contributed by atoms with Gasteiger partial charge in [0.2, 0.25) is 0 Å². The molecule has 0 heterocycles. The molecule has 0 aliphatic heterocycles. The Morgan fingerprint density at radius 3 is 1.53 bits per heavy atom. The second-order valence-corrected chi connectivity index (χ2v) is 11.2. The van der Waals surface area contributed by atoms with E-state index in [1.807, 2.05) is 0 Å². The molecule has 0 aliphatic carbocycles. The van der Waals surface area contributed by atoms with Gasteiger partial charge in [0.25, 0.3) is 0 Å². The number of carboxylic acids is 2. The van der Waals surface area contributed by atoms with Crippen LogP contribution in [0.25, 0.3) is 0 Å². The van der Waals surface area contributed by atoms with Gasteiger partial charge in [0.15, 0.2) is 0 Å². The fourth-order valence-corrected chi connectivity index (χ4v) is 8.90. The zero-order valence-corrected chi connectivity index (χ0v) is 13.4. The maximum atomic E-state index is 11.3. The first-order valence-corrected chi connectivity index (χ1v) is 11.5. The molecule has 0 spiro atoms. The Bertz CT molecular complexity index is 285. The first-order chi connectivity index (χ1) is 7.91. The molecule has 0 aromatic carbocycles. The van der Waals surface area contributed by atoms with E-state index in [2.05, 4.69) is 0 Å². The summed E-state index contributed by atoms with van der Waals surface area (Å²) in [5, 5.41) is 17.0. The van der Waals surface area contributed by atoms with Crippen LogP contribution >= 0.6 is 0 Å². The summed E-state index contributed by atoms with van der Waals surface area (Å²) in [4.78, 5) is 20.4. The summed E-state index contributed by atoms with van der Waals surface area (Å²) in [5.74, 6) is -1.92. The summed E-state index contributed by atoms with van der Waals surface area (Å²) in [6, 6.07) is 0. The molecule has 7 nitrogen and oxygen atoms in total. The van der Waals surface area contributed by atoms with E-state index in [0.29, 0.717) is 0 Å². The Morgan fingerprint density at radius 1 is 0.882 bits per heavy atom. The third-order valence-corrected chi connectivity index (χ3v) is 10.9. The molecular weight excluding hydrogens is 353 g/mol. The van der Waals surface area contributed by atoms with E-state index < -0.39 is 41.2 Å². The molecule has 0 aromatic rings. The third kappa shape index (κ3) is 11.7. The van der Waals surface area contributed by atoms with Gasteiger partial charge in [0.1, 0.15) is 0 Å². The molecule has 0 saturated heterocycles. The summed E-state index contributed by atoms with van der Waals surface area (Å²) in [6.45, 7) is 0. The fraction of sp³-hybridized carbons (Fsp3) is 0.750. The monoisotopic (exact) mass is 370 g/mol. The number of hydrogen-bond donors (Lipinski definition) is 2. The van der Waals surface area contributed by atoms with E-state index in [0.717, 1.165) is 0 Å². The molecule has 0 unspecified atom stereocenters. The number of rotatable bonds is 10. The van der Waals surface area contributed by atoms with Crippen molar-refractivity contribution in [3.05, 3.63) is 0 Å². The Kier molecular flexibility index (Phi) is 9.14. The maximum absolute atomic E-state index is 11.3. The molecule has 96 valence electrons. The Labute approximate surface area is 107 Å². The SMILES string of the molecule is O=C(O)CC[CH2][Ge](=[O])[O][Ge](=[O])[CH2]CCC(=O)O.